The molecule has 2 rings (SSSR count). The van der Waals surface area contributed by atoms with Crippen molar-refractivity contribution in [1.82, 2.24) is 9.97 Å². The zero-order valence-electron chi connectivity index (χ0n) is 10.8. The first-order valence-corrected chi connectivity index (χ1v) is 5.99. The summed E-state index contributed by atoms with van der Waals surface area (Å²) >= 11 is 0. The quantitative estimate of drug-likeness (QED) is 0.891. The highest BCUT2D eigenvalue weighted by atomic mass is 15.2. The average molecular weight is 242 g/mol. The molecule has 94 valence electrons. The number of aryl methyl sites for hydroxylation is 1. The van der Waals surface area contributed by atoms with Crippen LogP contribution in [-0.4, -0.2) is 23.6 Å². The molecule has 0 aliphatic heterocycles. The standard InChI is InChI=1S/C14H18N4/c1-11-9-13(15)10-17-14(11)18(2)8-5-12-3-6-16-7-4-12/h3-4,6-7,9-10H,5,8,15H2,1-2H3. The number of anilines is 2. The minimum Gasteiger partial charge on any atom is -0.397 e. The lowest BCUT2D eigenvalue weighted by atomic mass is 10.2. The molecule has 0 saturated heterocycles. The van der Waals surface area contributed by atoms with Gasteiger partial charge in [0.05, 0.1) is 11.9 Å². The summed E-state index contributed by atoms with van der Waals surface area (Å²) in [6.45, 7) is 2.95. The zero-order valence-corrected chi connectivity index (χ0v) is 10.8. The number of rotatable bonds is 4. The molecule has 0 fully saturated rings. The van der Waals surface area contributed by atoms with Crippen molar-refractivity contribution in [2.75, 3.05) is 24.2 Å². The smallest absolute Gasteiger partial charge is 0.131 e. The Morgan fingerprint density at radius 1 is 1.28 bits per heavy atom. The maximum atomic E-state index is 5.70. The molecule has 4 nitrogen and oxygen atoms in total. The van der Waals surface area contributed by atoms with E-state index in [4.69, 9.17) is 5.73 Å². The van der Waals surface area contributed by atoms with Crippen molar-refractivity contribution in [3.05, 3.63) is 47.9 Å². The topological polar surface area (TPSA) is 55.0 Å². The minimum atomic E-state index is 0.707. The van der Waals surface area contributed by atoms with Crippen LogP contribution in [0.4, 0.5) is 11.5 Å². The number of hydrogen-bond donors (Lipinski definition) is 1. The van der Waals surface area contributed by atoms with Crippen LogP contribution in [0.2, 0.25) is 0 Å². The van der Waals surface area contributed by atoms with E-state index >= 15 is 0 Å². The second-order valence-corrected chi connectivity index (χ2v) is 4.44. The van der Waals surface area contributed by atoms with Gasteiger partial charge in [0.1, 0.15) is 5.82 Å². The Kier molecular flexibility index (Phi) is 3.77. The molecule has 0 aromatic carbocycles. The predicted octanol–water partition coefficient (Wildman–Crippen LogP) is 2.05. The van der Waals surface area contributed by atoms with E-state index < -0.39 is 0 Å². The Balaban J connectivity index is 2.01. The van der Waals surface area contributed by atoms with Gasteiger partial charge in [-0.25, -0.2) is 4.98 Å². The highest BCUT2D eigenvalue weighted by Crippen LogP contribution is 2.17. The number of nitrogens with two attached hydrogens (primary N) is 1. The highest BCUT2D eigenvalue weighted by molar-refractivity contribution is 5.52. The van der Waals surface area contributed by atoms with E-state index in [1.165, 1.54) is 5.56 Å². The second-order valence-electron chi connectivity index (χ2n) is 4.44. The molecule has 0 spiro atoms. The van der Waals surface area contributed by atoms with Gasteiger partial charge in [0.15, 0.2) is 0 Å². The molecular formula is C14H18N4. The molecule has 2 heterocycles. The van der Waals surface area contributed by atoms with Crippen LogP contribution in [0.15, 0.2) is 36.8 Å². The van der Waals surface area contributed by atoms with Crippen molar-refractivity contribution in [1.29, 1.82) is 0 Å². The SMILES string of the molecule is Cc1cc(N)cnc1N(C)CCc1ccncc1. The van der Waals surface area contributed by atoms with E-state index in [0.717, 1.165) is 24.3 Å². The van der Waals surface area contributed by atoms with Crippen molar-refractivity contribution in [2.24, 2.45) is 0 Å². The Morgan fingerprint density at radius 3 is 2.67 bits per heavy atom. The molecule has 0 saturated carbocycles. The fraction of sp³-hybridized carbons (Fsp3) is 0.286. The van der Waals surface area contributed by atoms with Crippen LogP contribution in [0.3, 0.4) is 0 Å². The summed E-state index contributed by atoms with van der Waals surface area (Å²) in [6.07, 6.45) is 6.32. The summed E-state index contributed by atoms with van der Waals surface area (Å²) < 4.78 is 0. The van der Waals surface area contributed by atoms with E-state index in [2.05, 4.69) is 14.9 Å². The summed E-state index contributed by atoms with van der Waals surface area (Å²) in [4.78, 5) is 10.5. The number of likely N-dealkylation sites (N-methyl/N-ethyl adjacent to an activating group) is 1. The van der Waals surface area contributed by atoms with Gasteiger partial charge < -0.3 is 10.6 Å². The lowest BCUT2D eigenvalue weighted by Crippen LogP contribution is -2.22. The third-order valence-corrected chi connectivity index (χ3v) is 2.92. The maximum absolute atomic E-state index is 5.70. The van der Waals surface area contributed by atoms with Crippen LogP contribution in [0.25, 0.3) is 0 Å². The van der Waals surface area contributed by atoms with Crippen molar-refractivity contribution in [3.63, 3.8) is 0 Å². The minimum absolute atomic E-state index is 0.707. The van der Waals surface area contributed by atoms with Crippen LogP contribution in [-0.2, 0) is 6.42 Å². The van der Waals surface area contributed by atoms with Gasteiger partial charge in [0.25, 0.3) is 0 Å². The van der Waals surface area contributed by atoms with Crippen LogP contribution in [0.1, 0.15) is 11.1 Å². The molecule has 0 radical (unpaired) electrons. The number of nitrogen functional groups attached to an aromatic ring is 1. The van der Waals surface area contributed by atoms with Gasteiger partial charge in [-0.1, -0.05) is 0 Å². The maximum Gasteiger partial charge on any atom is 0.131 e. The van der Waals surface area contributed by atoms with Crippen LogP contribution in [0.5, 0.6) is 0 Å². The summed E-state index contributed by atoms with van der Waals surface area (Å²) in [5, 5.41) is 0. The molecule has 0 unspecified atom stereocenters. The largest absolute Gasteiger partial charge is 0.397 e. The van der Waals surface area contributed by atoms with E-state index in [0.29, 0.717) is 5.69 Å². The molecule has 2 N–H and O–H groups in total. The van der Waals surface area contributed by atoms with Crippen LogP contribution in [0, 0.1) is 6.92 Å². The molecule has 0 aliphatic rings. The molecule has 4 heteroatoms. The van der Waals surface area contributed by atoms with Crippen molar-refractivity contribution >= 4 is 11.5 Å². The van der Waals surface area contributed by atoms with E-state index in [9.17, 15) is 0 Å². The fourth-order valence-corrected chi connectivity index (χ4v) is 1.94. The Labute approximate surface area is 107 Å². The third-order valence-electron chi connectivity index (χ3n) is 2.92. The number of aromatic nitrogens is 2. The van der Waals surface area contributed by atoms with E-state index in [1.807, 2.05) is 44.6 Å². The first-order chi connectivity index (χ1) is 8.66. The van der Waals surface area contributed by atoms with Gasteiger partial charge in [-0.3, -0.25) is 4.98 Å². The monoisotopic (exact) mass is 242 g/mol. The Hall–Kier alpha value is -2.10. The lowest BCUT2D eigenvalue weighted by molar-refractivity contribution is 0.854. The van der Waals surface area contributed by atoms with E-state index in [-0.39, 0.29) is 0 Å². The molecule has 2 aromatic rings. The van der Waals surface area contributed by atoms with Gasteiger partial charge in [0, 0.05) is 26.0 Å². The van der Waals surface area contributed by atoms with Gasteiger partial charge in [0.2, 0.25) is 0 Å². The second kappa shape index (κ2) is 5.49. The molecule has 18 heavy (non-hydrogen) atoms. The van der Waals surface area contributed by atoms with Crippen molar-refractivity contribution in [3.8, 4) is 0 Å². The van der Waals surface area contributed by atoms with Crippen LogP contribution >= 0.6 is 0 Å². The first-order valence-electron chi connectivity index (χ1n) is 5.99. The van der Waals surface area contributed by atoms with Crippen LogP contribution < -0.4 is 10.6 Å². The molecule has 0 aliphatic carbocycles. The Morgan fingerprint density at radius 2 is 2.00 bits per heavy atom. The predicted molar refractivity (Wildman–Crippen MR) is 74.6 cm³/mol. The lowest BCUT2D eigenvalue weighted by Gasteiger charge is -2.20. The first kappa shape index (κ1) is 12.4. The highest BCUT2D eigenvalue weighted by Gasteiger charge is 2.06. The van der Waals surface area contributed by atoms with Crippen molar-refractivity contribution < 1.29 is 0 Å². The van der Waals surface area contributed by atoms with Crippen molar-refractivity contribution in [2.45, 2.75) is 13.3 Å². The zero-order chi connectivity index (χ0) is 13.0. The summed E-state index contributed by atoms with van der Waals surface area (Å²) in [6, 6.07) is 6.03. The molecule has 0 amide bonds. The average Bonchev–Trinajstić information content (AvgIpc) is 2.37. The molecular weight excluding hydrogens is 224 g/mol. The number of nitrogens with zero attached hydrogens (tertiary/aromatic N) is 3. The normalized spacial score (nSPS) is 10.3. The third kappa shape index (κ3) is 2.97. The van der Waals surface area contributed by atoms with Gasteiger partial charge in [-0.2, -0.15) is 0 Å². The summed E-state index contributed by atoms with van der Waals surface area (Å²) in [5.74, 6) is 0.984. The summed E-state index contributed by atoms with van der Waals surface area (Å²) in [7, 11) is 2.05. The van der Waals surface area contributed by atoms with Gasteiger partial charge >= 0.3 is 0 Å². The van der Waals surface area contributed by atoms with Gasteiger partial charge in [-0.05, 0) is 42.7 Å². The molecule has 2 aromatic heterocycles. The van der Waals surface area contributed by atoms with E-state index in [1.54, 1.807) is 6.20 Å². The number of hydrogen-bond acceptors (Lipinski definition) is 4. The summed E-state index contributed by atoms with van der Waals surface area (Å²) in [5.41, 5.74) is 8.80. The molecule has 0 bridgehead atoms. The Bertz CT molecular complexity index is 510. The fourth-order valence-electron chi connectivity index (χ4n) is 1.94. The van der Waals surface area contributed by atoms with Gasteiger partial charge in [-0.15, -0.1) is 0 Å². The molecule has 0 atom stereocenters. The number of pyridine rings is 2.